The van der Waals surface area contributed by atoms with Crippen LogP contribution in [-0.4, -0.2) is 15.0 Å². The van der Waals surface area contributed by atoms with Gasteiger partial charge in [0.15, 0.2) is 0 Å². The first-order valence-corrected chi connectivity index (χ1v) is 17.0. The summed E-state index contributed by atoms with van der Waals surface area (Å²) in [6.45, 7) is 0. The van der Waals surface area contributed by atoms with Gasteiger partial charge in [-0.15, -0.1) is 24.3 Å². The van der Waals surface area contributed by atoms with Gasteiger partial charge in [-0.25, -0.2) is 8.78 Å². The van der Waals surface area contributed by atoms with Gasteiger partial charge in [0.1, 0.15) is 11.6 Å². The quantitative estimate of drug-likeness (QED) is 0.101. The molecular weight excluding hydrogens is 949 g/mol. The van der Waals surface area contributed by atoms with E-state index < -0.39 is 95.3 Å². The van der Waals surface area contributed by atoms with Crippen LogP contribution in [0, 0.1) is 54.5 Å². The van der Waals surface area contributed by atoms with Gasteiger partial charge in [0.25, 0.3) is 0 Å². The number of hydrogen-bond donors (Lipinski definition) is 0. The molecule has 0 aliphatic carbocycles. The van der Waals surface area contributed by atoms with E-state index in [9.17, 15) is 26.3 Å². The fraction of sp³-hybridized carbons (Fsp3) is 0. The maximum absolute atomic E-state index is 13.3. The first kappa shape index (κ1) is 32.2. The molecule has 0 atom stereocenters. The van der Waals surface area contributed by atoms with Gasteiger partial charge in [0.2, 0.25) is 0 Å². The van der Waals surface area contributed by atoms with Crippen molar-refractivity contribution < 1.29 is 60.2 Å². The van der Waals surface area contributed by atoms with Crippen molar-refractivity contribution in [2.75, 3.05) is 0 Å². The van der Waals surface area contributed by atoms with Gasteiger partial charge < -0.3 is 17.4 Å². The van der Waals surface area contributed by atoms with Crippen molar-refractivity contribution >= 4 is 32.3 Å². The second kappa shape index (κ2) is 20.8. The first-order valence-electron chi connectivity index (χ1n) is 22.0. The molecule has 0 amide bonds. The molecule has 0 unspecified atom stereocenters. The monoisotopic (exact) mass is 991 g/mol. The Bertz CT molecular complexity index is 3100. The zero-order valence-corrected chi connectivity index (χ0v) is 33.3. The van der Waals surface area contributed by atoms with Crippen molar-refractivity contribution in [3.05, 3.63) is 231 Å². The third-order valence-corrected chi connectivity index (χ3v) is 8.05. The molecule has 10 rings (SSSR count). The molecule has 10 heteroatoms. The summed E-state index contributed by atoms with van der Waals surface area (Å²) in [5, 5.41) is -0.265. The predicted molar refractivity (Wildman–Crippen MR) is 223 cm³/mol. The Kier molecular flexibility index (Phi) is 11.1. The topological polar surface area (TPSA) is 38.7 Å². The van der Waals surface area contributed by atoms with E-state index in [0.29, 0.717) is 22.6 Å². The van der Waals surface area contributed by atoms with Crippen LogP contribution < -0.4 is 0 Å². The molecule has 0 radical (unpaired) electrons. The van der Waals surface area contributed by atoms with Gasteiger partial charge in [0, 0.05) is 53.5 Å². The Morgan fingerprint density at radius 1 is 0.433 bits per heavy atom. The molecule has 0 aliphatic heterocycles. The maximum atomic E-state index is 13.3. The number of pyridine rings is 3. The number of hydrogen-bond acceptors (Lipinski definition) is 3. The van der Waals surface area contributed by atoms with E-state index >= 15 is 0 Å². The van der Waals surface area contributed by atoms with E-state index in [1.165, 1.54) is 12.1 Å². The molecule has 0 saturated carbocycles. The van der Waals surface area contributed by atoms with Crippen LogP contribution in [0.1, 0.15) is 13.7 Å². The molecule has 3 nitrogen and oxygen atoms in total. The van der Waals surface area contributed by atoms with Gasteiger partial charge in [-0.3, -0.25) is 22.5 Å². The smallest absolute Gasteiger partial charge is 0.358 e. The van der Waals surface area contributed by atoms with Gasteiger partial charge in [-0.2, -0.15) is 0 Å². The minimum atomic E-state index is -0.649. The molecule has 3 aromatic heterocycles. The van der Waals surface area contributed by atoms with Gasteiger partial charge in [0.05, 0.1) is 19.4 Å². The Labute approximate surface area is 370 Å². The van der Waals surface area contributed by atoms with E-state index in [-0.39, 0.29) is 71.0 Å². The summed E-state index contributed by atoms with van der Waals surface area (Å²) in [5.41, 5.74) is 2.09. The number of nitrogens with zero attached hydrogens (tertiary/aromatic N) is 3. The number of aromatic nitrogens is 3. The van der Waals surface area contributed by atoms with Crippen molar-refractivity contribution in [2.24, 2.45) is 0 Å². The standard InChI is InChI=1S/C16H10.C11H7F2N.2C11H6F2N.CH3.Ir/c1-3-11-7-9-13-5-2-6-14-10-8-12(4-1)15(11)16(13)14;3*12-8-4-5-9(10(13)7-8)11-3-1-2-6-14-11;;/h1-10H;1-7H;2*1-4,6-7H;1H3;/q;;3*-1;+3/i1D,2D,3D,4D,5D,6D,7D,8D,9D,10D;;;;;. The number of halogens is 6. The fourth-order valence-corrected chi connectivity index (χ4v) is 5.46. The SMILES string of the molecule is Fc1c[c-]c(-c2ccccn2)c(F)c1.Fc1c[c-]c(-c2ccccn2)c(F)c1.Fc1ccc(-c2ccccn2)c(F)c1.[2H]c1c([2H])c2c([2H])c([2H])c3c([2H])c([2H])c([2H])c4c([2H])c([2H])c(c1[2H])c2c34.[CH3-].[Ir+3]. The minimum Gasteiger partial charge on any atom is -0.358 e. The zero-order valence-electron chi connectivity index (χ0n) is 40.9. The second-order valence-electron chi connectivity index (χ2n) is 11.9. The summed E-state index contributed by atoms with van der Waals surface area (Å²) in [6, 6.07) is 23.2. The molecule has 0 N–H and O–H groups in total. The normalized spacial score (nSPS) is 12.6. The van der Waals surface area contributed by atoms with Crippen LogP contribution in [0.3, 0.4) is 0 Å². The maximum Gasteiger partial charge on any atom is 3.00 e. The van der Waals surface area contributed by atoms with Crippen molar-refractivity contribution in [3.63, 3.8) is 0 Å². The van der Waals surface area contributed by atoms with Gasteiger partial charge in [-0.1, -0.05) is 114 Å². The van der Waals surface area contributed by atoms with Gasteiger partial charge >= 0.3 is 20.1 Å². The summed E-state index contributed by atoms with van der Waals surface area (Å²) < 4.78 is 159. The van der Waals surface area contributed by atoms with Crippen LogP contribution in [-0.2, 0) is 20.1 Å². The van der Waals surface area contributed by atoms with E-state index in [1.807, 2.05) is 0 Å². The Morgan fingerprint density at radius 2 is 0.817 bits per heavy atom. The molecule has 0 spiro atoms. The molecule has 0 aliphatic rings. The summed E-state index contributed by atoms with van der Waals surface area (Å²) in [7, 11) is 0. The average Bonchev–Trinajstić information content (AvgIpc) is 3.32. The number of benzene rings is 7. The first-order chi connectivity index (χ1) is 32.4. The van der Waals surface area contributed by atoms with Crippen molar-refractivity contribution in [1.29, 1.82) is 0 Å². The third-order valence-electron chi connectivity index (χ3n) is 8.05. The van der Waals surface area contributed by atoms with Crippen LogP contribution in [0.2, 0.25) is 0 Å². The molecule has 60 heavy (non-hydrogen) atoms. The third kappa shape index (κ3) is 10.7. The van der Waals surface area contributed by atoms with Gasteiger partial charge in [-0.05, 0) is 80.1 Å². The van der Waals surface area contributed by atoms with Crippen molar-refractivity contribution in [2.45, 2.75) is 0 Å². The predicted octanol–water partition coefficient (Wildman–Crippen LogP) is 13.7. The summed E-state index contributed by atoms with van der Waals surface area (Å²) in [5.74, 6) is -3.75. The zero-order chi connectivity index (χ0) is 49.1. The molecular formula is C50H32F6IrN3. The second-order valence-corrected chi connectivity index (χ2v) is 11.9. The molecule has 0 bridgehead atoms. The van der Waals surface area contributed by atoms with Crippen LogP contribution in [0.25, 0.3) is 66.1 Å². The van der Waals surface area contributed by atoms with Crippen LogP contribution >= 0.6 is 0 Å². The fourth-order valence-electron chi connectivity index (χ4n) is 5.46. The van der Waals surface area contributed by atoms with Crippen molar-refractivity contribution in [1.82, 2.24) is 15.0 Å². The molecule has 298 valence electrons. The van der Waals surface area contributed by atoms with E-state index in [2.05, 4.69) is 27.1 Å². The molecule has 10 aromatic rings. The minimum absolute atomic E-state index is 0. The summed E-state index contributed by atoms with van der Waals surface area (Å²) >= 11 is 0. The van der Waals surface area contributed by atoms with E-state index in [1.54, 1.807) is 73.2 Å². The van der Waals surface area contributed by atoms with E-state index in [4.69, 9.17) is 13.7 Å². The average molecular weight is 991 g/mol. The van der Waals surface area contributed by atoms with Crippen LogP contribution in [0.5, 0.6) is 0 Å². The number of rotatable bonds is 3. The van der Waals surface area contributed by atoms with Crippen molar-refractivity contribution in [3.8, 4) is 33.8 Å². The summed E-state index contributed by atoms with van der Waals surface area (Å²) in [4.78, 5) is 11.9. The Hall–Kier alpha value is -6.74. The van der Waals surface area contributed by atoms with Crippen LogP contribution in [0.4, 0.5) is 26.3 Å². The van der Waals surface area contributed by atoms with E-state index in [0.717, 1.165) is 30.3 Å². The Morgan fingerprint density at radius 3 is 1.17 bits per heavy atom. The Balaban J connectivity index is 0.000000180. The molecule has 0 saturated heterocycles. The largest absolute Gasteiger partial charge is 3.00 e. The molecule has 7 aromatic carbocycles. The molecule has 0 fully saturated rings. The van der Waals surface area contributed by atoms with Crippen LogP contribution in [0.15, 0.2) is 176 Å². The molecule has 3 heterocycles. The summed E-state index contributed by atoms with van der Waals surface area (Å²) in [6.07, 6.45) is 4.66.